The van der Waals surface area contributed by atoms with Crippen molar-refractivity contribution in [1.82, 2.24) is 0 Å². The minimum absolute atomic E-state index is 0.0333. The molecule has 174 valence electrons. The van der Waals surface area contributed by atoms with Gasteiger partial charge in [0.25, 0.3) is 15.9 Å². The van der Waals surface area contributed by atoms with E-state index < -0.39 is 16.1 Å². The van der Waals surface area contributed by atoms with Gasteiger partial charge in [-0.25, -0.2) is 8.42 Å². The van der Waals surface area contributed by atoms with E-state index in [-0.39, 0.29) is 16.5 Å². The summed E-state index contributed by atoms with van der Waals surface area (Å²) in [6.07, 6.45) is -0.208. The van der Waals surface area contributed by atoms with E-state index in [0.29, 0.717) is 29.4 Å². The van der Waals surface area contributed by atoms with E-state index in [4.69, 9.17) is 14.2 Å². The fourth-order valence-electron chi connectivity index (χ4n) is 3.01. The van der Waals surface area contributed by atoms with E-state index in [0.717, 1.165) is 0 Å². The molecule has 0 bridgehead atoms. The Morgan fingerprint density at radius 3 is 2.21 bits per heavy atom. The van der Waals surface area contributed by atoms with Gasteiger partial charge in [-0.3, -0.25) is 9.52 Å². The molecule has 0 fully saturated rings. The summed E-state index contributed by atoms with van der Waals surface area (Å²) in [5.41, 5.74) is 0.732. The highest BCUT2D eigenvalue weighted by atomic mass is 32.2. The molecule has 0 saturated carbocycles. The van der Waals surface area contributed by atoms with Crippen molar-refractivity contribution in [1.29, 1.82) is 0 Å². The number of methoxy groups -OCH3 is 2. The third-order valence-corrected chi connectivity index (χ3v) is 6.15. The van der Waals surface area contributed by atoms with Gasteiger partial charge in [-0.05, 0) is 55.0 Å². The smallest absolute Gasteiger partial charge is 0.265 e. The quantitative estimate of drug-likeness (QED) is 0.458. The molecule has 0 aromatic heterocycles. The topological polar surface area (TPSA) is 103 Å². The van der Waals surface area contributed by atoms with Gasteiger partial charge in [-0.15, -0.1) is 0 Å². The van der Waals surface area contributed by atoms with Gasteiger partial charge in [0.1, 0.15) is 17.2 Å². The Bertz CT molecular complexity index is 1180. The highest BCUT2D eigenvalue weighted by molar-refractivity contribution is 7.92. The number of carbonyl (C=O) groups excluding carboxylic acids is 1. The van der Waals surface area contributed by atoms with Crippen molar-refractivity contribution in [2.45, 2.75) is 24.3 Å². The SMILES string of the molecule is CC[C@@H](Oc1ccccc1)C(=O)Nc1ccc(S(=O)(=O)Nc2ccc(OC)cc2OC)cc1. The van der Waals surface area contributed by atoms with Crippen molar-refractivity contribution in [2.24, 2.45) is 0 Å². The third kappa shape index (κ3) is 6.17. The summed E-state index contributed by atoms with van der Waals surface area (Å²) in [6.45, 7) is 1.85. The minimum atomic E-state index is -3.88. The maximum Gasteiger partial charge on any atom is 0.265 e. The van der Waals surface area contributed by atoms with E-state index in [1.807, 2.05) is 25.1 Å². The maximum absolute atomic E-state index is 12.8. The number of carbonyl (C=O) groups is 1. The van der Waals surface area contributed by atoms with E-state index in [2.05, 4.69) is 10.0 Å². The highest BCUT2D eigenvalue weighted by Crippen LogP contribution is 2.31. The zero-order valence-corrected chi connectivity index (χ0v) is 19.4. The molecule has 8 nitrogen and oxygen atoms in total. The average Bonchev–Trinajstić information content (AvgIpc) is 2.83. The summed E-state index contributed by atoms with van der Waals surface area (Å²) < 4.78 is 44.2. The third-order valence-electron chi connectivity index (χ3n) is 4.77. The summed E-state index contributed by atoms with van der Waals surface area (Å²) in [5, 5.41) is 2.76. The Kier molecular flexibility index (Phi) is 7.78. The van der Waals surface area contributed by atoms with E-state index in [1.54, 1.807) is 30.3 Å². The lowest BCUT2D eigenvalue weighted by Gasteiger charge is -2.17. The van der Waals surface area contributed by atoms with Gasteiger partial charge in [0.05, 0.1) is 24.8 Å². The summed E-state index contributed by atoms with van der Waals surface area (Å²) >= 11 is 0. The number of sulfonamides is 1. The molecule has 0 unspecified atom stereocenters. The van der Waals surface area contributed by atoms with Crippen molar-refractivity contribution < 1.29 is 27.4 Å². The zero-order chi connectivity index (χ0) is 23.8. The maximum atomic E-state index is 12.8. The van der Waals surface area contributed by atoms with Gasteiger partial charge in [0.15, 0.2) is 6.10 Å². The van der Waals surface area contributed by atoms with E-state index in [9.17, 15) is 13.2 Å². The molecular weight excluding hydrogens is 444 g/mol. The first-order valence-corrected chi connectivity index (χ1v) is 11.7. The molecule has 9 heteroatoms. The van der Waals surface area contributed by atoms with Crippen molar-refractivity contribution in [3.05, 3.63) is 72.8 Å². The second-order valence-corrected chi connectivity index (χ2v) is 8.70. The number of rotatable bonds is 10. The van der Waals surface area contributed by atoms with Crippen LogP contribution in [0.25, 0.3) is 0 Å². The molecule has 0 spiro atoms. The number of benzene rings is 3. The lowest BCUT2D eigenvalue weighted by Crippen LogP contribution is -2.32. The Balaban J connectivity index is 1.69. The van der Waals surface area contributed by atoms with Gasteiger partial charge in [0.2, 0.25) is 0 Å². The largest absolute Gasteiger partial charge is 0.497 e. The van der Waals surface area contributed by atoms with Crippen molar-refractivity contribution in [2.75, 3.05) is 24.3 Å². The predicted octanol–water partition coefficient (Wildman–Crippen LogP) is 4.30. The Morgan fingerprint density at radius 1 is 0.909 bits per heavy atom. The normalized spacial score (nSPS) is 11.8. The fourth-order valence-corrected chi connectivity index (χ4v) is 4.08. The monoisotopic (exact) mass is 470 g/mol. The van der Waals surface area contributed by atoms with Crippen LogP contribution in [0.3, 0.4) is 0 Å². The minimum Gasteiger partial charge on any atom is -0.497 e. The van der Waals surface area contributed by atoms with Crippen LogP contribution in [0.15, 0.2) is 77.7 Å². The Hall–Kier alpha value is -3.72. The second-order valence-electron chi connectivity index (χ2n) is 7.01. The first kappa shape index (κ1) is 23.9. The zero-order valence-electron chi connectivity index (χ0n) is 18.6. The lowest BCUT2D eigenvalue weighted by atomic mass is 10.2. The number of ether oxygens (including phenoxy) is 3. The average molecular weight is 471 g/mol. The van der Waals surface area contributed by atoms with Crippen LogP contribution in [0.4, 0.5) is 11.4 Å². The first-order chi connectivity index (χ1) is 15.9. The molecule has 33 heavy (non-hydrogen) atoms. The van der Waals surface area contributed by atoms with Crippen molar-refractivity contribution in [3.8, 4) is 17.2 Å². The van der Waals surface area contributed by atoms with Crippen LogP contribution in [0.5, 0.6) is 17.2 Å². The van der Waals surface area contributed by atoms with Gasteiger partial charge >= 0.3 is 0 Å². The first-order valence-electron chi connectivity index (χ1n) is 10.2. The van der Waals surface area contributed by atoms with Crippen LogP contribution in [0.2, 0.25) is 0 Å². The molecule has 0 aliphatic rings. The van der Waals surface area contributed by atoms with E-state index in [1.165, 1.54) is 38.5 Å². The summed E-state index contributed by atoms with van der Waals surface area (Å²) in [6, 6.07) is 19.7. The van der Waals surface area contributed by atoms with E-state index >= 15 is 0 Å². The molecule has 0 aliphatic heterocycles. The molecule has 2 N–H and O–H groups in total. The lowest BCUT2D eigenvalue weighted by molar-refractivity contribution is -0.122. The molecule has 0 saturated heterocycles. The Morgan fingerprint density at radius 2 is 1.61 bits per heavy atom. The number of para-hydroxylation sites is 1. The van der Waals surface area contributed by atoms with Crippen molar-refractivity contribution in [3.63, 3.8) is 0 Å². The van der Waals surface area contributed by atoms with Gasteiger partial charge < -0.3 is 19.5 Å². The van der Waals surface area contributed by atoms with Crippen molar-refractivity contribution >= 4 is 27.3 Å². The summed E-state index contributed by atoms with van der Waals surface area (Å²) in [4.78, 5) is 12.6. The Labute approximate surface area is 193 Å². The molecule has 0 heterocycles. The van der Waals surface area contributed by atoms with Gasteiger partial charge in [0, 0.05) is 11.8 Å². The molecule has 3 aromatic rings. The highest BCUT2D eigenvalue weighted by Gasteiger charge is 2.20. The van der Waals surface area contributed by atoms with Crippen LogP contribution in [0, 0.1) is 0 Å². The molecule has 3 rings (SSSR count). The molecular formula is C24H26N2O6S. The van der Waals surface area contributed by atoms with Gasteiger partial charge in [-0.1, -0.05) is 25.1 Å². The summed E-state index contributed by atoms with van der Waals surface area (Å²) in [5.74, 6) is 1.14. The number of anilines is 2. The van der Waals surface area contributed by atoms with Gasteiger partial charge in [-0.2, -0.15) is 0 Å². The standard InChI is InChI=1S/C24H26N2O6S/c1-4-22(32-18-8-6-5-7-9-18)24(27)25-17-10-13-20(14-11-17)33(28,29)26-21-15-12-19(30-2)16-23(21)31-3/h5-16,22,26H,4H2,1-3H3,(H,25,27)/t22-/m1/s1. The molecule has 0 radical (unpaired) electrons. The van der Waals surface area contributed by atoms with Crippen LogP contribution >= 0.6 is 0 Å². The molecule has 0 aliphatic carbocycles. The number of hydrogen-bond acceptors (Lipinski definition) is 6. The number of hydrogen-bond donors (Lipinski definition) is 2. The van der Waals surface area contributed by atoms with Crippen LogP contribution in [-0.2, 0) is 14.8 Å². The predicted molar refractivity (Wildman–Crippen MR) is 127 cm³/mol. The molecule has 1 amide bonds. The fraction of sp³-hybridized carbons (Fsp3) is 0.208. The van der Waals surface area contributed by atoms with Crippen LogP contribution in [-0.4, -0.2) is 34.6 Å². The molecule has 1 atom stereocenters. The summed E-state index contributed by atoms with van der Waals surface area (Å²) in [7, 11) is -0.932. The number of nitrogens with one attached hydrogen (secondary N) is 2. The van der Waals surface area contributed by atoms with Crippen LogP contribution in [0.1, 0.15) is 13.3 Å². The second kappa shape index (κ2) is 10.7. The number of amides is 1. The molecule has 3 aromatic carbocycles. The van der Waals surface area contributed by atoms with Crippen LogP contribution < -0.4 is 24.2 Å².